The third-order valence-electron chi connectivity index (χ3n) is 6.99. The number of hydrogen-bond acceptors (Lipinski definition) is 10. The molecule has 0 amide bonds. The van der Waals surface area contributed by atoms with Gasteiger partial charge in [-0.3, -0.25) is 5.41 Å². The Labute approximate surface area is 242 Å². The van der Waals surface area contributed by atoms with E-state index in [-0.39, 0.29) is 40.3 Å². The van der Waals surface area contributed by atoms with E-state index in [9.17, 15) is 8.42 Å². The number of anilines is 3. The van der Waals surface area contributed by atoms with E-state index in [0.29, 0.717) is 5.92 Å². The minimum Gasteiger partial charge on any atom is -0.488 e. The van der Waals surface area contributed by atoms with Crippen molar-refractivity contribution < 1.29 is 13.2 Å². The second-order valence-corrected chi connectivity index (χ2v) is 13.5. The largest absolute Gasteiger partial charge is 0.488 e. The van der Waals surface area contributed by atoms with Gasteiger partial charge in [0.1, 0.15) is 10.8 Å². The molecule has 218 valence electrons. The number of halogens is 1. The van der Waals surface area contributed by atoms with Gasteiger partial charge in [-0.25, -0.2) is 13.4 Å². The monoisotopic (exact) mass is 589 g/mol. The van der Waals surface area contributed by atoms with Crippen LogP contribution in [-0.4, -0.2) is 67.4 Å². The van der Waals surface area contributed by atoms with Gasteiger partial charge in [-0.15, -0.1) is 0 Å². The maximum atomic E-state index is 12.7. The summed E-state index contributed by atoms with van der Waals surface area (Å²) in [6.07, 6.45) is 7.36. The van der Waals surface area contributed by atoms with E-state index < -0.39 is 14.9 Å². The number of aromatic nitrogens is 2. The van der Waals surface area contributed by atoms with Gasteiger partial charge in [0.15, 0.2) is 20.7 Å². The predicted molar refractivity (Wildman–Crippen MR) is 162 cm³/mol. The number of ether oxygens (including phenoxy) is 1. The number of sulfone groups is 1. The highest BCUT2D eigenvalue weighted by Crippen LogP contribution is 2.40. The van der Waals surface area contributed by atoms with Crippen LogP contribution in [0, 0.1) is 18.3 Å². The maximum Gasteiger partial charge on any atom is 0.229 e. The molecule has 0 unspecified atom stereocenters. The maximum absolute atomic E-state index is 12.7. The van der Waals surface area contributed by atoms with Gasteiger partial charge in [-0.05, 0) is 87.8 Å². The number of hydrogen-bond donors (Lipinski definition) is 4. The molecule has 4 N–H and O–H groups in total. The molecule has 10 nitrogen and oxygen atoms in total. The van der Waals surface area contributed by atoms with E-state index in [4.69, 9.17) is 21.7 Å². The van der Waals surface area contributed by atoms with Gasteiger partial charge >= 0.3 is 0 Å². The zero-order chi connectivity index (χ0) is 29.0. The van der Waals surface area contributed by atoms with Gasteiger partial charge in [0.05, 0.1) is 29.4 Å². The van der Waals surface area contributed by atoms with E-state index in [2.05, 4.69) is 56.9 Å². The highest BCUT2D eigenvalue weighted by Gasteiger charge is 2.28. The van der Waals surface area contributed by atoms with Crippen molar-refractivity contribution in [1.29, 1.82) is 5.41 Å². The smallest absolute Gasteiger partial charge is 0.229 e. The second-order valence-electron chi connectivity index (χ2n) is 11.1. The zero-order valence-electron chi connectivity index (χ0n) is 23.8. The van der Waals surface area contributed by atoms with E-state index in [0.717, 1.165) is 50.2 Å². The molecule has 2 aromatic rings. The molecule has 4 rings (SSSR count). The van der Waals surface area contributed by atoms with Gasteiger partial charge in [0.2, 0.25) is 5.95 Å². The normalized spacial score (nSPS) is 17.1. The topological polar surface area (TPSA) is 132 Å². The summed E-state index contributed by atoms with van der Waals surface area (Å²) in [5.41, 5.74) is 3.28. The third-order valence-corrected chi connectivity index (χ3v) is 9.21. The molecule has 0 radical (unpaired) electrons. The second kappa shape index (κ2) is 12.7. The van der Waals surface area contributed by atoms with Crippen LogP contribution in [0.4, 0.5) is 17.5 Å². The number of nitrogens with one attached hydrogen (secondary N) is 4. The van der Waals surface area contributed by atoms with Gasteiger partial charge in [-0.2, -0.15) is 4.98 Å². The Morgan fingerprint density at radius 1 is 1.25 bits per heavy atom. The SMILES string of the molecule is CN/C=C(/Nc1nc(Nc2cc(C)c(C3CCN(C)CC3)cc2OC2CC2)ncc1Cl)C(=N)S(=O)(=O)CC(C)C. The summed E-state index contributed by atoms with van der Waals surface area (Å²) in [7, 11) is -0.0268. The summed E-state index contributed by atoms with van der Waals surface area (Å²) in [6.45, 7) is 7.87. The van der Waals surface area contributed by atoms with E-state index >= 15 is 0 Å². The summed E-state index contributed by atoms with van der Waals surface area (Å²) in [4.78, 5) is 11.2. The molecule has 2 fully saturated rings. The van der Waals surface area contributed by atoms with Crippen molar-refractivity contribution in [2.24, 2.45) is 5.92 Å². The summed E-state index contributed by atoms with van der Waals surface area (Å²) >= 11 is 6.39. The quantitative estimate of drug-likeness (QED) is 0.210. The van der Waals surface area contributed by atoms with Crippen molar-refractivity contribution in [3.63, 3.8) is 0 Å². The fourth-order valence-electron chi connectivity index (χ4n) is 4.78. The first-order chi connectivity index (χ1) is 19.0. The minimum absolute atomic E-state index is 0.0331. The van der Waals surface area contributed by atoms with Crippen LogP contribution in [0.2, 0.25) is 5.02 Å². The lowest BCUT2D eigenvalue weighted by molar-refractivity contribution is 0.254. The van der Waals surface area contributed by atoms with Crippen molar-refractivity contribution in [2.75, 3.05) is 43.6 Å². The van der Waals surface area contributed by atoms with Crippen LogP contribution in [0.15, 0.2) is 30.2 Å². The molecule has 2 heterocycles. The van der Waals surface area contributed by atoms with Crippen molar-refractivity contribution in [2.45, 2.75) is 58.5 Å². The Hall–Kier alpha value is -2.89. The van der Waals surface area contributed by atoms with E-state index in [1.165, 1.54) is 23.5 Å². The van der Waals surface area contributed by atoms with Crippen LogP contribution in [0.25, 0.3) is 0 Å². The predicted octanol–water partition coefficient (Wildman–Crippen LogP) is 5.05. The average Bonchev–Trinajstić information content (AvgIpc) is 3.71. The van der Waals surface area contributed by atoms with Crippen molar-refractivity contribution in [3.05, 3.63) is 46.4 Å². The molecule has 1 saturated carbocycles. The lowest BCUT2D eigenvalue weighted by atomic mass is 9.86. The van der Waals surface area contributed by atoms with Crippen LogP contribution in [0.1, 0.15) is 56.6 Å². The molecule has 0 atom stereocenters. The number of aryl methyl sites for hydroxylation is 1. The molecular weight excluding hydrogens is 550 g/mol. The lowest BCUT2D eigenvalue weighted by Crippen LogP contribution is -2.29. The Bertz CT molecular complexity index is 1370. The summed E-state index contributed by atoms with van der Waals surface area (Å²) in [6, 6.07) is 4.24. The molecule has 0 bridgehead atoms. The molecule has 1 aromatic carbocycles. The van der Waals surface area contributed by atoms with Gasteiger partial charge < -0.3 is 25.6 Å². The molecule has 1 aromatic heterocycles. The number of piperidine rings is 1. The molecular formula is C28H40ClN7O3S. The first kappa shape index (κ1) is 30.1. The highest BCUT2D eigenvalue weighted by molar-refractivity contribution is 8.06. The van der Waals surface area contributed by atoms with E-state index in [1.807, 2.05) is 0 Å². The van der Waals surface area contributed by atoms with Crippen LogP contribution < -0.4 is 20.7 Å². The van der Waals surface area contributed by atoms with Gasteiger partial charge in [0.25, 0.3) is 0 Å². The number of likely N-dealkylation sites (tertiary alicyclic amines) is 1. The molecule has 1 aliphatic carbocycles. The van der Waals surface area contributed by atoms with Gasteiger partial charge in [-0.1, -0.05) is 25.4 Å². The van der Waals surface area contributed by atoms with Crippen molar-refractivity contribution in [1.82, 2.24) is 20.2 Å². The summed E-state index contributed by atoms with van der Waals surface area (Å²) < 4.78 is 31.8. The fourth-order valence-corrected chi connectivity index (χ4v) is 6.41. The third kappa shape index (κ3) is 7.64. The average molecular weight is 590 g/mol. The van der Waals surface area contributed by atoms with Crippen LogP contribution in [0.3, 0.4) is 0 Å². The van der Waals surface area contributed by atoms with Crippen LogP contribution in [-0.2, 0) is 9.84 Å². The Morgan fingerprint density at radius 2 is 1.95 bits per heavy atom. The van der Waals surface area contributed by atoms with Crippen LogP contribution in [0.5, 0.6) is 5.75 Å². The Balaban J connectivity index is 1.60. The lowest BCUT2D eigenvalue weighted by Gasteiger charge is -2.30. The van der Waals surface area contributed by atoms with Crippen LogP contribution >= 0.6 is 11.6 Å². The zero-order valence-corrected chi connectivity index (χ0v) is 25.4. The first-order valence-electron chi connectivity index (χ1n) is 13.7. The minimum atomic E-state index is -3.81. The van der Waals surface area contributed by atoms with Crippen molar-refractivity contribution in [3.8, 4) is 5.75 Å². The van der Waals surface area contributed by atoms with E-state index in [1.54, 1.807) is 20.9 Å². The number of nitrogens with zero attached hydrogens (tertiary/aromatic N) is 3. The highest BCUT2D eigenvalue weighted by atomic mass is 35.5. The number of rotatable bonds is 11. The van der Waals surface area contributed by atoms with Crippen molar-refractivity contribution >= 4 is 43.9 Å². The summed E-state index contributed by atoms with van der Waals surface area (Å²) in [5, 5.41) is 17.0. The molecule has 0 spiro atoms. The number of benzene rings is 1. The molecule has 1 aliphatic heterocycles. The Morgan fingerprint density at radius 3 is 2.58 bits per heavy atom. The fraction of sp³-hybridized carbons (Fsp3) is 0.536. The molecule has 12 heteroatoms. The summed E-state index contributed by atoms with van der Waals surface area (Å²) in [5.74, 6) is 1.44. The molecule has 2 aliphatic rings. The Kier molecular flexibility index (Phi) is 9.58. The van der Waals surface area contributed by atoms with Gasteiger partial charge in [0, 0.05) is 13.2 Å². The first-order valence-corrected chi connectivity index (χ1v) is 15.7. The molecule has 1 saturated heterocycles. The standard InChI is InChI=1S/C28H40ClN7O3S/c1-17(2)16-40(37,38)26(30)24(15-31-4)33-27-22(29)14-32-28(35-27)34-23-12-18(3)21(13-25(23)39-20-6-7-20)19-8-10-36(5)11-9-19/h12-15,17,19-20,30-31H,6-11,16H2,1-5H3,(H2,32,33,34,35)/b24-15+,30-26?. The molecule has 40 heavy (non-hydrogen) atoms.